The van der Waals surface area contributed by atoms with Crippen LogP contribution in [0.1, 0.15) is 22.3 Å². The molecule has 11 rings (SSSR count). The molecule has 4 nitrogen and oxygen atoms in total. The first-order valence-corrected chi connectivity index (χ1v) is 18.9. The number of ether oxygens (including phenoxy) is 1. The lowest BCUT2D eigenvalue weighted by Crippen LogP contribution is -2.16. The Morgan fingerprint density at radius 3 is 1.95 bits per heavy atom. The molecule has 10 aromatic rings. The van der Waals surface area contributed by atoms with Crippen molar-refractivity contribution >= 4 is 66.9 Å². The summed E-state index contributed by atoms with van der Waals surface area (Å²) in [5.74, 6) is 0.766. The molecule has 0 N–H and O–H groups in total. The van der Waals surface area contributed by atoms with Gasteiger partial charge in [0.05, 0.1) is 11.1 Å². The first-order chi connectivity index (χ1) is 27.7. The highest BCUT2D eigenvalue weighted by Crippen LogP contribution is 2.45. The fourth-order valence-electron chi connectivity index (χ4n) is 8.02. The van der Waals surface area contributed by atoms with E-state index in [2.05, 4.69) is 140 Å². The highest BCUT2D eigenvalue weighted by Gasteiger charge is 2.22. The molecule has 0 fully saturated rings. The number of hydrogen-bond donors (Lipinski definition) is 0. The second-order valence-electron chi connectivity index (χ2n) is 14.2. The fraction of sp³-hybridized carbons (Fsp3) is 0.0192. The third kappa shape index (κ3) is 5.50. The summed E-state index contributed by atoms with van der Waals surface area (Å²) in [5.41, 5.74) is 15.1. The SMILES string of the molecule is C(=C(\c1ccc(-c2ccccc2)cc1)c1cccc2c1oc1ccccc12)/c1ccc(-c2ccc3oc4ccc5c(c4c3c2)OCC(c2ccccc2)=N5)cc1. The number of hydrogen-bond acceptors (Lipinski definition) is 4. The zero-order valence-corrected chi connectivity index (χ0v) is 30.3. The minimum absolute atomic E-state index is 0.404. The molecule has 0 saturated carbocycles. The molecular formula is C52H33NO3. The van der Waals surface area contributed by atoms with E-state index in [0.717, 1.165) is 100.0 Å². The first-order valence-electron chi connectivity index (χ1n) is 18.9. The molecule has 1 aliphatic rings. The number of benzene rings is 8. The lowest BCUT2D eigenvalue weighted by molar-refractivity contribution is 0.377. The van der Waals surface area contributed by atoms with Gasteiger partial charge in [-0.15, -0.1) is 0 Å². The molecule has 0 amide bonds. The Labute approximate surface area is 323 Å². The van der Waals surface area contributed by atoms with E-state index in [1.165, 1.54) is 11.1 Å². The Balaban J connectivity index is 0.986. The highest BCUT2D eigenvalue weighted by molar-refractivity contribution is 6.14. The van der Waals surface area contributed by atoms with Crippen molar-refractivity contribution in [2.75, 3.05) is 6.61 Å². The van der Waals surface area contributed by atoms with Gasteiger partial charge in [0.15, 0.2) is 5.75 Å². The van der Waals surface area contributed by atoms with Gasteiger partial charge in [0.1, 0.15) is 34.6 Å². The van der Waals surface area contributed by atoms with Crippen LogP contribution in [0.25, 0.3) is 77.8 Å². The van der Waals surface area contributed by atoms with Gasteiger partial charge in [0.2, 0.25) is 0 Å². The molecule has 0 aliphatic carbocycles. The summed E-state index contributed by atoms with van der Waals surface area (Å²) < 4.78 is 19.3. The molecule has 2 aromatic heterocycles. The van der Waals surface area contributed by atoms with Gasteiger partial charge < -0.3 is 13.6 Å². The van der Waals surface area contributed by atoms with E-state index < -0.39 is 0 Å². The van der Waals surface area contributed by atoms with Crippen LogP contribution in [0.3, 0.4) is 0 Å². The Bertz CT molecular complexity index is 3150. The van der Waals surface area contributed by atoms with E-state index in [9.17, 15) is 0 Å². The van der Waals surface area contributed by atoms with Gasteiger partial charge in [-0.3, -0.25) is 0 Å². The van der Waals surface area contributed by atoms with Crippen LogP contribution in [0.4, 0.5) is 5.69 Å². The molecule has 264 valence electrons. The lowest BCUT2D eigenvalue weighted by atomic mass is 9.92. The van der Waals surface area contributed by atoms with E-state index in [1.807, 2.05) is 48.5 Å². The average Bonchev–Trinajstić information content (AvgIpc) is 3.85. The molecule has 4 heteroatoms. The summed E-state index contributed by atoms with van der Waals surface area (Å²) in [7, 11) is 0. The zero-order valence-electron chi connectivity index (χ0n) is 30.3. The lowest BCUT2D eigenvalue weighted by Gasteiger charge is -2.18. The van der Waals surface area contributed by atoms with Gasteiger partial charge in [0, 0.05) is 21.7 Å². The third-order valence-electron chi connectivity index (χ3n) is 10.8. The molecule has 3 heterocycles. The molecule has 8 aromatic carbocycles. The predicted molar refractivity (Wildman–Crippen MR) is 230 cm³/mol. The van der Waals surface area contributed by atoms with Crippen molar-refractivity contribution in [2.45, 2.75) is 0 Å². The summed E-state index contributed by atoms with van der Waals surface area (Å²) in [6.45, 7) is 0.404. The Hall–Kier alpha value is -7.43. The second kappa shape index (κ2) is 13.2. The maximum absolute atomic E-state index is 6.55. The molecule has 0 atom stereocenters. The maximum Gasteiger partial charge on any atom is 0.157 e. The summed E-state index contributed by atoms with van der Waals surface area (Å²) in [5, 5.41) is 4.19. The van der Waals surface area contributed by atoms with Crippen molar-refractivity contribution in [2.24, 2.45) is 4.99 Å². The van der Waals surface area contributed by atoms with Crippen LogP contribution in [-0.2, 0) is 0 Å². The van der Waals surface area contributed by atoms with Crippen LogP contribution in [0.2, 0.25) is 0 Å². The van der Waals surface area contributed by atoms with E-state index in [0.29, 0.717) is 6.61 Å². The standard InChI is InChI=1S/C52H33NO3/c1-3-10-34(11-4-1)35-22-24-37(25-23-35)43(42-16-9-15-41-40-14-7-8-17-47(40)56-51(41)42)30-33-18-20-36(21-19-33)39-26-28-48-44(31-39)50-49(55-48)29-27-45-52(50)54-32-46(53-45)38-12-5-2-6-13-38/h1-31H,32H2/b43-30-. The normalized spacial score (nSPS) is 12.9. The maximum atomic E-state index is 6.55. The molecule has 0 saturated heterocycles. The Morgan fingerprint density at radius 1 is 0.482 bits per heavy atom. The zero-order chi connectivity index (χ0) is 37.0. The number of nitrogens with zero attached hydrogens (tertiary/aromatic N) is 1. The smallest absolute Gasteiger partial charge is 0.157 e. The van der Waals surface area contributed by atoms with Crippen LogP contribution in [0.15, 0.2) is 196 Å². The van der Waals surface area contributed by atoms with Gasteiger partial charge in [-0.1, -0.05) is 152 Å². The molecule has 1 aliphatic heterocycles. The number of rotatable bonds is 6. The Morgan fingerprint density at radius 2 is 1.12 bits per heavy atom. The first kappa shape index (κ1) is 32.0. The minimum atomic E-state index is 0.404. The quantitative estimate of drug-likeness (QED) is 0.161. The predicted octanol–water partition coefficient (Wildman–Crippen LogP) is 13.9. The van der Waals surface area contributed by atoms with Crippen LogP contribution >= 0.6 is 0 Å². The topological polar surface area (TPSA) is 47.9 Å². The van der Waals surface area contributed by atoms with Crippen molar-refractivity contribution in [3.63, 3.8) is 0 Å². The van der Waals surface area contributed by atoms with Crippen molar-refractivity contribution in [1.29, 1.82) is 0 Å². The van der Waals surface area contributed by atoms with Crippen LogP contribution < -0.4 is 4.74 Å². The third-order valence-corrected chi connectivity index (χ3v) is 10.8. The summed E-state index contributed by atoms with van der Waals surface area (Å²) in [6, 6.07) is 63.3. The van der Waals surface area contributed by atoms with E-state index in [1.54, 1.807) is 0 Å². The summed E-state index contributed by atoms with van der Waals surface area (Å²) >= 11 is 0. The molecule has 56 heavy (non-hydrogen) atoms. The van der Waals surface area contributed by atoms with Crippen molar-refractivity contribution < 1.29 is 13.6 Å². The van der Waals surface area contributed by atoms with E-state index >= 15 is 0 Å². The molecule has 0 radical (unpaired) electrons. The van der Waals surface area contributed by atoms with Gasteiger partial charge in [-0.2, -0.15) is 0 Å². The molecular weight excluding hydrogens is 687 g/mol. The Kier molecular flexibility index (Phi) is 7.52. The largest absolute Gasteiger partial charge is 0.484 e. The number of para-hydroxylation sites is 2. The second-order valence-corrected chi connectivity index (χ2v) is 14.2. The molecule has 0 unspecified atom stereocenters. The van der Waals surface area contributed by atoms with Crippen LogP contribution in [0.5, 0.6) is 5.75 Å². The number of aliphatic imine (C=N–C) groups is 1. The van der Waals surface area contributed by atoms with Gasteiger partial charge >= 0.3 is 0 Å². The molecule has 0 spiro atoms. The van der Waals surface area contributed by atoms with Gasteiger partial charge in [-0.25, -0.2) is 4.99 Å². The minimum Gasteiger partial charge on any atom is -0.484 e. The van der Waals surface area contributed by atoms with Crippen molar-refractivity contribution in [3.05, 3.63) is 204 Å². The summed E-state index contributed by atoms with van der Waals surface area (Å²) in [4.78, 5) is 4.99. The van der Waals surface area contributed by atoms with E-state index in [4.69, 9.17) is 18.6 Å². The monoisotopic (exact) mass is 719 g/mol. The van der Waals surface area contributed by atoms with Crippen LogP contribution in [0, 0.1) is 0 Å². The van der Waals surface area contributed by atoms with Crippen molar-refractivity contribution in [1.82, 2.24) is 0 Å². The number of furan rings is 2. The van der Waals surface area contributed by atoms with Crippen LogP contribution in [-0.4, -0.2) is 12.3 Å². The fourth-order valence-corrected chi connectivity index (χ4v) is 8.02. The highest BCUT2D eigenvalue weighted by atomic mass is 16.5. The average molecular weight is 720 g/mol. The van der Waals surface area contributed by atoms with Gasteiger partial charge in [-0.05, 0) is 80.9 Å². The number of fused-ring (bicyclic) bond motifs is 8. The van der Waals surface area contributed by atoms with Gasteiger partial charge in [0.25, 0.3) is 0 Å². The summed E-state index contributed by atoms with van der Waals surface area (Å²) in [6.07, 6.45) is 2.27. The molecule has 0 bridgehead atoms. The van der Waals surface area contributed by atoms with Crippen molar-refractivity contribution in [3.8, 4) is 28.0 Å². The van der Waals surface area contributed by atoms with E-state index in [-0.39, 0.29) is 0 Å².